The summed E-state index contributed by atoms with van der Waals surface area (Å²) in [6, 6.07) is 8.55. The van der Waals surface area contributed by atoms with Gasteiger partial charge in [-0.05, 0) is 43.2 Å². The Hall–Kier alpha value is -2.23. The number of nitrogens with zero attached hydrogens (tertiary/aromatic N) is 1. The van der Waals surface area contributed by atoms with Gasteiger partial charge in [0, 0.05) is 12.4 Å². The van der Waals surface area contributed by atoms with E-state index in [1.54, 1.807) is 26.0 Å². The Bertz CT molecular complexity index is 557. The number of carbonyl (C=O) groups is 1. The summed E-state index contributed by atoms with van der Waals surface area (Å²) in [5.41, 5.74) is 1.99. The van der Waals surface area contributed by atoms with Crippen LogP contribution in [-0.4, -0.2) is 22.2 Å². The molecule has 0 saturated carbocycles. The summed E-state index contributed by atoms with van der Waals surface area (Å²) < 4.78 is 6.82. The molecule has 2 rings (SSSR count). The fraction of sp³-hybridized carbons (Fsp3) is 0.267. The van der Waals surface area contributed by atoms with E-state index < -0.39 is 0 Å². The molecule has 2 aromatic rings. The van der Waals surface area contributed by atoms with Crippen molar-refractivity contribution in [1.29, 1.82) is 0 Å². The molecule has 0 fully saturated rings. The molecule has 0 radical (unpaired) electrons. The standard InChI is InChI=1S/C15H17NO3/c1-3-19-15(18)11(2)16-9-8-13(10-16)12-4-6-14(17)7-5-12/h4-11,17H,3H2,1-2H3. The van der Waals surface area contributed by atoms with Gasteiger partial charge in [-0.1, -0.05) is 12.1 Å². The molecule has 0 aliphatic heterocycles. The molecular formula is C15H17NO3. The lowest BCUT2D eigenvalue weighted by atomic mass is 10.1. The van der Waals surface area contributed by atoms with Crippen LogP contribution in [0, 0.1) is 0 Å². The number of ether oxygens (including phenoxy) is 1. The van der Waals surface area contributed by atoms with Crippen LogP contribution in [0.4, 0.5) is 0 Å². The minimum atomic E-state index is -0.342. The first-order valence-corrected chi connectivity index (χ1v) is 6.25. The van der Waals surface area contributed by atoms with E-state index in [0.717, 1.165) is 11.1 Å². The molecule has 4 heteroatoms. The van der Waals surface area contributed by atoms with Gasteiger partial charge in [0.05, 0.1) is 6.61 Å². The lowest BCUT2D eigenvalue weighted by Gasteiger charge is -2.11. The number of esters is 1. The average Bonchev–Trinajstić information content (AvgIpc) is 2.88. The van der Waals surface area contributed by atoms with Crippen molar-refractivity contribution in [1.82, 2.24) is 4.57 Å². The molecule has 0 saturated heterocycles. The fourth-order valence-corrected chi connectivity index (χ4v) is 1.86. The van der Waals surface area contributed by atoms with Gasteiger partial charge in [0.15, 0.2) is 0 Å². The number of phenols is 1. The van der Waals surface area contributed by atoms with E-state index in [4.69, 9.17) is 4.74 Å². The molecule has 1 unspecified atom stereocenters. The van der Waals surface area contributed by atoms with Crippen molar-refractivity contribution in [2.45, 2.75) is 19.9 Å². The number of benzene rings is 1. The zero-order chi connectivity index (χ0) is 13.8. The van der Waals surface area contributed by atoms with Crippen LogP contribution >= 0.6 is 0 Å². The van der Waals surface area contributed by atoms with E-state index in [9.17, 15) is 9.90 Å². The molecule has 19 heavy (non-hydrogen) atoms. The highest BCUT2D eigenvalue weighted by Crippen LogP contribution is 2.23. The molecule has 100 valence electrons. The molecule has 0 aliphatic rings. The Balaban J connectivity index is 2.19. The number of phenolic OH excluding ortho intramolecular Hbond substituents is 1. The van der Waals surface area contributed by atoms with E-state index >= 15 is 0 Å². The summed E-state index contributed by atoms with van der Waals surface area (Å²) in [6.07, 6.45) is 3.75. The fourth-order valence-electron chi connectivity index (χ4n) is 1.86. The summed E-state index contributed by atoms with van der Waals surface area (Å²) in [5, 5.41) is 9.26. The van der Waals surface area contributed by atoms with E-state index in [1.807, 2.05) is 35.2 Å². The second-order valence-corrected chi connectivity index (χ2v) is 4.32. The van der Waals surface area contributed by atoms with Gasteiger partial charge < -0.3 is 14.4 Å². The van der Waals surface area contributed by atoms with Gasteiger partial charge in [-0.15, -0.1) is 0 Å². The van der Waals surface area contributed by atoms with Gasteiger partial charge in [0.1, 0.15) is 11.8 Å². The Morgan fingerprint density at radius 3 is 2.58 bits per heavy atom. The Kier molecular flexibility index (Phi) is 3.90. The maximum absolute atomic E-state index is 11.7. The number of hydrogen-bond donors (Lipinski definition) is 1. The summed E-state index contributed by atoms with van der Waals surface area (Å²) in [6.45, 7) is 3.98. The van der Waals surface area contributed by atoms with Crippen molar-refractivity contribution in [2.24, 2.45) is 0 Å². The normalized spacial score (nSPS) is 12.1. The average molecular weight is 259 g/mol. The molecule has 1 atom stereocenters. The minimum absolute atomic E-state index is 0.239. The molecule has 0 spiro atoms. The first-order chi connectivity index (χ1) is 9.11. The molecule has 1 N–H and O–H groups in total. The zero-order valence-electron chi connectivity index (χ0n) is 11.0. The summed E-state index contributed by atoms with van der Waals surface area (Å²) >= 11 is 0. The largest absolute Gasteiger partial charge is 0.508 e. The highest BCUT2D eigenvalue weighted by molar-refractivity contribution is 5.74. The molecule has 1 aromatic heterocycles. The molecule has 1 aromatic carbocycles. The predicted molar refractivity (Wildman–Crippen MR) is 72.9 cm³/mol. The third-order valence-electron chi connectivity index (χ3n) is 2.99. The Morgan fingerprint density at radius 1 is 1.26 bits per heavy atom. The Labute approximate surface area is 112 Å². The second-order valence-electron chi connectivity index (χ2n) is 4.32. The third-order valence-corrected chi connectivity index (χ3v) is 2.99. The quantitative estimate of drug-likeness (QED) is 0.859. The van der Waals surface area contributed by atoms with Crippen molar-refractivity contribution < 1.29 is 14.6 Å². The van der Waals surface area contributed by atoms with E-state index in [0.29, 0.717) is 6.61 Å². The van der Waals surface area contributed by atoms with Crippen molar-refractivity contribution in [2.75, 3.05) is 6.61 Å². The maximum Gasteiger partial charge on any atom is 0.328 e. The van der Waals surface area contributed by atoms with E-state index in [-0.39, 0.29) is 17.8 Å². The van der Waals surface area contributed by atoms with Gasteiger partial charge >= 0.3 is 5.97 Å². The van der Waals surface area contributed by atoms with Crippen molar-refractivity contribution in [3.05, 3.63) is 42.7 Å². The lowest BCUT2D eigenvalue weighted by Crippen LogP contribution is -2.17. The van der Waals surface area contributed by atoms with E-state index in [2.05, 4.69) is 0 Å². The Morgan fingerprint density at radius 2 is 1.95 bits per heavy atom. The van der Waals surface area contributed by atoms with Crippen LogP contribution < -0.4 is 0 Å². The highest BCUT2D eigenvalue weighted by Gasteiger charge is 2.15. The minimum Gasteiger partial charge on any atom is -0.508 e. The second kappa shape index (κ2) is 5.61. The van der Waals surface area contributed by atoms with Gasteiger partial charge in [-0.3, -0.25) is 0 Å². The molecule has 0 aliphatic carbocycles. The van der Waals surface area contributed by atoms with Crippen LogP contribution in [0.15, 0.2) is 42.7 Å². The maximum atomic E-state index is 11.7. The van der Waals surface area contributed by atoms with Crippen LogP contribution in [0.3, 0.4) is 0 Å². The number of rotatable bonds is 4. The summed E-state index contributed by atoms with van der Waals surface area (Å²) in [5.74, 6) is -0.00145. The van der Waals surface area contributed by atoms with Crippen molar-refractivity contribution >= 4 is 5.97 Å². The molecule has 0 amide bonds. The molecule has 0 bridgehead atoms. The topological polar surface area (TPSA) is 51.5 Å². The zero-order valence-corrected chi connectivity index (χ0v) is 11.0. The van der Waals surface area contributed by atoms with Crippen molar-refractivity contribution in [3.8, 4) is 16.9 Å². The SMILES string of the molecule is CCOC(=O)C(C)n1ccc(-c2ccc(O)cc2)c1. The summed E-state index contributed by atoms with van der Waals surface area (Å²) in [7, 11) is 0. The van der Waals surface area contributed by atoms with Gasteiger partial charge in [-0.25, -0.2) is 4.79 Å². The molecular weight excluding hydrogens is 242 g/mol. The van der Waals surface area contributed by atoms with Crippen LogP contribution in [-0.2, 0) is 9.53 Å². The first-order valence-electron chi connectivity index (χ1n) is 6.25. The smallest absolute Gasteiger partial charge is 0.328 e. The van der Waals surface area contributed by atoms with Crippen LogP contribution in [0.5, 0.6) is 5.75 Å². The number of hydrogen-bond acceptors (Lipinski definition) is 3. The number of aromatic nitrogens is 1. The number of carbonyl (C=O) groups excluding carboxylic acids is 1. The lowest BCUT2D eigenvalue weighted by molar-refractivity contribution is -0.146. The van der Waals surface area contributed by atoms with Crippen molar-refractivity contribution in [3.63, 3.8) is 0 Å². The van der Waals surface area contributed by atoms with Crippen LogP contribution in [0.2, 0.25) is 0 Å². The molecule has 4 nitrogen and oxygen atoms in total. The number of aromatic hydroxyl groups is 1. The third kappa shape index (κ3) is 2.96. The molecule has 1 heterocycles. The van der Waals surface area contributed by atoms with Crippen LogP contribution in [0.25, 0.3) is 11.1 Å². The highest BCUT2D eigenvalue weighted by atomic mass is 16.5. The van der Waals surface area contributed by atoms with Crippen LogP contribution in [0.1, 0.15) is 19.9 Å². The van der Waals surface area contributed by atoms with Gasteiger partial charge in [0.25, 0.3) is 0 Å². The van der Waals surface area contributed by atoms with E-state index in [1.165, 1.54) is 0 Å². The first kappa shape index (κ1) is 13.2. The summed E-state index contributed by atoms with van der Waals surface area (Å²) in [4.78, 5) is 11.7. The predicted octanol–water partition coefficient (Wildman–Crippen LogP) is 2.98. The van der Waals surface area contributed by atoms with Gasteiger partial charge in [0.2, 0.25) is 0 Å². The van der Waals surface area contributed by atoms with Gasteiger partial charge in [-0.2, -0.15) is 0 Å². The monoisotopic (exact) mass is 259 g/mol.